The molecule has 11 aromatic rings. The number of hydrogen-bond acceptors (Lipinski definition) is 4. The Labute approximate surface area is 352 Å². The second-order valence-electron chi connectivity index (χ2n) is 15.8. The van der Waals surface area contributed by atoms with Gasteiger partial charge in [0.1, 0.15) is 23.2 Å². The SMILES string of the molecule is c1ccc(C2=NC(c3cccc(-c4cccc(-c5ccc6c(c5)oc5ccc(-c7ccc8c9ccccc9c9ccccc9c8c7)cc56)c4)c3)=NC(c3ccccc3)N2)cc1. The summed E-state index contributed by atoms with van der Waals surface area (Å²) in [6, 6.07) is 75.3. The van der Waals surface area contributed by atoms with E-state index < -0.39 is 0 Å². The van der Waals surface area contributed by atoms with Gasteiger partial charge in [-0.3, -0.25) is 0 Å². The molecule has 0 radical (unpaired) electrons. The Hall–Kier alpha value is -8.08. The second-order valence-corrected chi connectivity index (χ2v) is 15.8. The lowest BCUT2D eigenvalue weighted by atomic mass is 9.92. The van der Waals surface area contributed by atoms with Gasteiger partial charge in [-0.15, -0.1) is 0 Å². The zero-order valence-electron chi connectivity index (χ0n) is 33.1. The normalized spacial score (nSPS) is 14.1. The number of fused-ring (bicyclic) bond motifs is 9. The van der Waals surface area contributed by atoms with Gasteiger partial charge < -0.3 is 9.73 Å². The number of nitrogens with one attached hydrogen (secondary N) is 1. The van der Waals surface area contributed by atoms with Crippen molar-refractivity contribution < 1.29 is 4.42 Å². The van der Waals surface area contributed by atoms with E-state index in [1.807, 2.05) is 36.4 Å². The van der Waals surface area contributed by atoms with E-state index in [9.17, 15) is 0 Å². The highest BCUT2D eigenvalue weighted by atomic mass is 16.3. The Balaban J connectivity index is 0.878. The summed E-state index contributed by atoms with van der Waals surface area (Å²) in [5.74, 6) is 1.51. The van der Waals surface area contributed by atoms with Gasteiger partial charge in [0.2, 0.25) is 0 Å². The van der Waals surface area contributed by atoms with Gasteiger partial charge in [-0.1, -0.05) is 170 Å². The van der Waals surface area contributed by atoms with E-state index in [0.29, 0.717) is 5.84 Å². The first kappa shape index (κ1) is 34.9. The number of benzene rings is 10. The molecule has 4 nitrogen and oxygen atoms in total. The topological polar surface area (TPSA) is 49.9 Å². The predicted octanol–water partition coefficient (Wildman–Crippen LogP) is 14.5. The molecule has 0 amide bonds. The maximum Gasteiger partial charge on any atom is 0.159 e. The molecule has 1 aromatic heterocycles. The van der Waals surface area contributed by atoms with Crippen molar-refractivity contribution >= 4 is 65.9 Å². The highest BCUT2D eigenvalue weighted by Crippen LogP contribution is 2.39. The van der Waals surface area contributed by atoms with Crippen LogP contribution >= 0.6 is 0 Å². The number of nitrogens with zero attached hydrogens (tertiary/aromatic N) is 2. The Morgan fingerprint density at radius 1 is 0.328 bits per heavy atom. The van der Waals surface area contributed by atoms with Crippen LogP contribution in [-0.4, -0.2) is 11.7 Å². The van der Waals surface area contributed by atoms with Gasteiger partial charge in [0, 0.05) is 21.9 Å². The number of hydrogen-bond donors (Lipinski definition) is 1. The first-order valence-corrected chi connectivity index (χ1v) is 20.7. The molecule has 1 aliphatic heterocycles. The van der Waals surface area contributed by atoms with Crippen LogP contribution < -0.4 is 5.32 Å². The number of amidine groups is 2. The summed E-state index contributed by atoms with van der Waals surface area (Å²) in [5, 5.41) is 13.5. The molecule has 61 heavy (non-hydrogen) atoms. The lowest BCUT2D eigenvalue weighted by molar-refractivity contribution is 0.669. The molecule has 0 spiro atoms. The van der Waals surface area contributed by atoms with Gasteiger partial charge >= 0.3 is 0 Å². The van der Waals surface area contributed by atoms with E-state index in [1.165, 1.54) is 43.4 Å². The van der Waals surface area contributed by atoms with E-state index in [2.05, 4.69) is 181 Å². The first-order chi connectivity index (χ1) is 30.2. The van der Waals surface area contributed by atoms with Crippen molar-refractivity contribution in [1.29, 1.82) is 0 Å². The Morgan fingerprint density at radius 2 is 0.803 bits per heavy atom. The molecule has 1 unspecified atom stereocenters. The van der Waals surface area contributed by atoms with E-state index in [-0.39, 0.29) is 6.17 Å². The third-order valence-electron chi connectivity index (χ3n) is 12.1. The van der Waals surface area contributed by atoms with Crippen molar-refractivity contribution in [3.05, 3.63) is 229 Å². The fraction of sp³-hybridized carbons (Fsp3) is 0.0175. The Kier molecular flexibility index (Phi) is 8.20. The van der Waals surface area contributed by atoms with E-state index in [0.717, 1.165) is 66.7 Å². The van der Waals surface area contributed by atoms with Gasteiger partial charge in [0.05, 0.1) is 0 Å². The number of aliphatic imine (C=N–C) groups is 2. The van der Waals surface area contributed by atoms with Crippen LogP contribution in [0.25, 0.3) is 87.6 Å². The van der Waals surface area contributed by atoms with Crippen LogP contribution in [0.4, 0.5) is 0 Å². The van der Waals surface area contributed by atoms with Crippen molar-refractivity contribution in [2.24, 2.45) is 9.98 Å². The van der Waals surface area contributed by atoms with Crippen LogP contribution in [-0.2, 0) is 0 Å². The molecule has 0 saturated carbocycles. The quantitative estimate of drug-likeness (QED) is 0.171. The number of furan rings is 1. The molecular formula is C57H37N3O. The summed E-state index contributed by atoms with van der Waals surface area (Å²) in [6.07, 6.45) is -0.254. The third-order valence-corrected chi connectivity index (χ3v) is 12.1. The van der Waals surface area contributed by atoms with Crippen LogP contribution in [0.15, 0.2) is 227 Å². The molecule has 1 atom stereocenters. The summed E-state index contributed by atoms with van der Waals surface area (Å²) >= 11 is 0. The Bertz CT molecular complexity index is 3530. The van der Waals surface area contributed by atoms with Gasteiger partial charge in [-0.2, -0.15) is 0 Å². The van der Waals surface area contributed by atoms with E-state index >= 15 is 0 Å². The molecule has 0 saturated heterocycles. The molecule has 0 fully saturated rings. The highest BCUT2D eigenvalue weighted by Gasteiger charge is 2.21. The lowest BCUT2D eigenvalue weighted by Crippen LogP contribution is -2.33. The molecule has 12 rings (SSSR count). The average molecular weight is 780 g/mol. The minimum Gasteiger partial charge on any atom is -0.456 e. The standard InChI is InChI=1S/C57H37N3O/c1-3-13-36(14-4-1)55-58-56(37-15-5-2-6-16-37)60-57(59-55)44-20-12-19-40(32-44)38-17-11-18-39(31-38)43-26-29-50-52-34-42(27-30-53(52)61-54(50)35-43)41-25-28-49-47-23-8-7-21-45(47)46-22-9-10-24-48(46)51(49)33-41/h1-35,55H,(H,58,59,60). The van der Waals surface area contributed by atoms with Crippen molar-refractivity contribution in [2.45, 2.75) is 6.17 Å². The van der Waals surface area contributed by atoms with Crippen molar-refractivity contribution in [2.75, 3.05) is 0 Å². The van der Waals surface area contributed by atoms with Crippen LogP contribution in [0.5, 0.6) is 0 Å². The molecule has 1 aliphatic rings. The molecule has 2 heterocycles. The van der Waals surface area contributed by atoms with E-state index in [1.54, 1.807) is 0 Å². The van der Waals surface area contributed by atoms with Crippen LogP contribution in [0.1, 0.15) is 22.9 Å². The molecule has 0 bridgehead atoms. The molecule has 4 heteroatoms. The molecule has 286 valence electrons. The van der Waals surface area contributed by atoms with Crippen molar-refractivity contribution in [3.63, 3.8) is 0 Å². The summed E-state index contributed by atoms with van der Waals surface area (Å²) in [7, 11) is 0. The predicted molar refractivity (Wildman–Crippen MR) is 254 cm³/mol. The summed E-state index contributed by atoms with van der Waals surface area (Å²) in [4.78, 5) is 10.2. The first-order valence-electron chi connectivity index (χ1n) is 20.7. The largest absolute Gasteiger partial charge is 0.456 e. The maximum absolute atomic E-state index is 6.53. The lowest BCUT2D eigenvalue weighted by Gasteiger charge is -2.23. The fourth-order valence-corrected chi connectivity index (χ4v) is 9.07. The van der Waals surface area contributed by atoms with E-state index in [4.69, 9.17) is 14.4 Å². The minimum atomic E-state index is -0.254. The van der Waals surface area contributed by atoms with Gasteiger partial charge in [0.15, 0.2) is 5.84 Å². The van der Waals surface area contributed by atoms with Crippen LogP contribution in [0.3, 0.4) is 0 Å². The summed E-state index contributed by atoms with van der Waals surface area (Å²) < 4.78 is 6.53. The van der Waals surface area contributed by atoms with Gasteiger partial charge in [-0.05, 0) is 114 Å². The summed E-state index contributed by atoms with van der Waals surface area (Å²) in [5.41, 5.74) is 11.6. The zero-order valence-corrected chi connectivity index (χ0v) is 33.1. The maximum atomic E-state index is 6.53. The molecular weight excluding hydrogens is 743 g/mol. The van der Waals surface area contributed by atoms with Crippen LogP contribution in [0.2, 0.25) is 0 Å². The third kappa shape index (κ3) is 6.16. The van der Waals surface area contributed by atoms with Crippen molar-refractivity contribution in [3.8, 4) is 33.4 Å². The van der Waals surface area contributed by atoms with Crippen LogP contribution in [0, 0.1) is 0 Å². The van der Waals surface area contributed by atoms with Gasteiger partial charge in [-0.25, -0.2) is 9.98 Å². The molecule has 10 aromatic carbocycles. The number of rotatable bonds is 6. The smallest absolute Gasteiger partial charge is 0.159 e. The van der Waals surface area contributed by atoms with Crippen molar-refractivity contribution in [1.82, 2.24) is 5.32 Å². The average Bonchev–Trinajstić information content (AvgIpc) is 3.72. The summed E-state index contributed by atoms with van der Waals surface area (Å²) in [6.45, 7) is 0. The molecule has 0 aliphatic carbocycles. The highest BCUT2D eigenvalue weighted by molar-refractivity contribution is 6.26. The monoisotopic (exact) mass is 779 g/mol. The van der Waals surface area contributed by atoms with Gasteiger partial charge in [0.25, 0.3) is 0 Å². The fourth-order valence-electron chi connectivity index (χ4n) is 9.07. The minimum absolute atomic E-state index is 0.254. The zero-order chi connectivity index (χ0) is 40.3. The Morgan fingerprint density at radius 3 is 1.48 bits per heavy atom. The second kappa shape index (κ2) is 14.3. The molecule has 1 N–H and O–H groups in total.